The number of hydrogen-bond donors (Lipinski definition) is 2. The minimum atomic E-state index is 0.00282. The molecule has 0 heterocycles. The third kappa shape index (κ3) is 2.47. The summed E-state index contributed by atoms with van der Waals surface area (Å²) < 4.78 is 0. The van der Waals surface area contributed by atoms with Crippen LogP contribution in [0.1, 0.15) is 33.1 Å². The van der Waals surface area contributed by atoms with Crippen molar-refractivity contribution >= 4 is 0 Å². The SMILES string of the molecule is CCNC1(CO)CCC(N(C)CC)C1. The molecule has 1 fully saturated rings. The van der Waals surface area contributed by atoms with E-state index in [1.807, 2.05) is 0 Å². The van der Waals surface area contributed by atoms with Crippen LogP contribution in [0.5, 0.6) is 0 Å². The molecule has 0 saturated heterocycles. The molecule has 0 aromatic carbocycles. The summed E-state index contributed by atoms with van der Waals surface area (Å²) in [5.74, 6) is 0. The van der Waals surface area contributed by atoms with Crippen LogP contribution in [0.15, 0.2) is 0 Å². The Morgan fingerprint density at radius 1 is 1.50 bits per heavy atom. The van der Waals surface area contributed by atoms with Crippen molar-refractivity contribution in [3.63, 3.8) is 0 Å². The Kier molecular flexibility index (Phi) is 4.35. The molecule has 1 aliphatic carbocycles. The normalized spacial score (nSPS) is 32.8. The van der Waals surface area contributed by atoms with Gasteiger partial charge in [-0.15, -0.1) is 0 Å². The third-order valence-electron chi connectivity index (χ3n) is 3.56. The molecule has 0 aliphatic heterocycles. The fourth-order valence-electron chi connectivity index (χ4n) is 2.47. The van der Waals surface area contributed by atoms with E-state index in [0.717, 1.165) is 25.9 Å². The molecule has 3 heteroatoms. The van der Waals surface area contributed by atoms with E-state index in [4.69, 9.17) is 0 Å². The van der Waals surface area contributed by atoms with Gasteiger partial charge < -0.3 is 15.3 Å². The van der Waals surface area contributed by atoms with Crippen LogP contribution in [0.2, 0.25) is 0 Å². The van der Waals surface area contributed by atoms with Gasteiger partial charge in [0.05, 0.1) is 6.61 Å². The Balaban J connectivity index is 2.52. The summed E-state index contributed by atoms with van der Waals surface area (Å²) in [6.07, 6.45) is 3.39. The first-order chi connectivity index (χ1) is 6.67. The Hall–Kier alpha value is -0.120. The van der Waals surface area contributed by atoms with Crippen LogP contribution in [0, 0.1) is 0 Å². The molecule has 0 aromatic heterocycles. The van der Waals surface area contributed by atoms with E-state index < -0.39 is 0 Å². The van der Waals surface area contributed by atoms with Crippen molar-refractivity contribution in [1.29, 1.82) is 0 Å². The molecule has 2 unspecified atom stereocenters. The average Bonchev–Trinajstić information content (AvgIpc) is 2.62. The van der Waals surface area contributed by atoms with Crippen molar-refractivity contribution in [1.82, 2.24) is 10.2 Å². The van der Waals surface area contributed by atoms with Gasteiger partial charge in [0.2, 0.25) is 0 Å². The van der Waals surface area contributed by atoms with Crippen LogP contribution in [-0.2, 0) is 0 Å². The first-order valence-corrected chi connectivity index (χ1v) is 5.73. The van der Waals surface area contributed by atoms with E-state index in [2.05, 4.69) is 31.1 Å². The predicted molar refractivity (Wildman–Crippen MR) is 59.4 cm³/mol. The summed E-state index contributed by atoms with van der Waals surface area (Å²) in [7, 11) is 2.17. The largest absolute Gasteiger partial charge is 0.394 e. The summed E-state index contributed by atoms with van der Waals surface area (Å²) in [6, 6.07) is 0.645. The first kappa shape index (κ1) is 12.0. The maximum atomic E-state index is 9.44. The minimum absolute atomic E-state index is 0.00282. The third-order valence-corrected chi connectivity index (χ3v) is 3.56. The van der Waals surface area contributed by atoms with E-state index in [1.54, 1.807) is 0 Å². The lowest BCUT2D eigenvalue weighted by Crippen LogP contribution is -2.47. The monoisotopic (exact) mass is 200 g/mol. The number of aliphatic hydroxyl groups is 1. The Morgan fingerprint density at radius 2 is 2.21 bits per heavy atom. The molecule has 0 amide bonds. The number of hydrogen-bond acceptors (Lipinski definition) is 3. The zero-order chi connectivity index (χ0) is 10.6. The van der Waals surface area contributed by atoms with E-state index in [1.165, 1.54) is 6.42 Å². The maximum absolute atomic E-state index is 9.44. The van der Waals surface area contributed by atoms with Crippen molar-refractivity contribution in [2.24, 2.45) is 0 Å². The van der Waals surface area contributed by atoms with Crippen LogP contribution in [-0.4, -0.2) is 48.3 Å². The fourth-order valence-corrected chi connectivity index (χ4v) is 2.47. The standard InChI is InChI=1S/C11H24N2O/c1-4-12-11(9-14)7-6-10(8-11)13(3)5-2/h10,12,14H,4-9H2,1-3H3. The number of rotatable bonds is 5. The lowest BCUT2D eigenvalue weighted by atomic mass is 9.98. The van der Waals surface area contributed by atoms with E-state index in [-0.39, 0.29) is 12.1 Å². The van der Waals surface area contributed by atoms with Gasteiger partial charge in [-0.1, -0.05) is 13.8 Å². The van der Waals surface area contributed by atoms with E-state index in [0.29, 0.717) is 6.04 Å². The van der Waals surface area contributed by atoms with Crippen molar-refractivity contribution in [2.75, 3.05) is 26.7 Å². The molecule has 84 valence electrons. The highest BCUT2D eigenvalue weighted by Gasteiger charge is 2.38. The second-order valence-electron chi connectivity index (χ2n) is 4.44. The second-order valence-corrected chi connectivity index (χ2v) is 4.44. The highest BCUT2D eigenvalue weighted by atomic mass is 16.3. The lowest BCUT2D eigenvalue weighted by Gasteiger charge is -2.30. The highest BCUT2D eigenvalue weighted by molar-refractivity contribution is 4.98. The average molecular weight is 200 g/mol. The van der Waals surface area contributed by atoms with Crippen LogP contribution in [0.25, 0.3) is 0 Å². The molecule has 0 radical (unpaired) electrons. The summed E-state index contributed by atoms with van der Waals surface area (Å²) in [5.41, 5.74) is 0.00282. The lowest BCUT2D eigenvalue weighted by molar-refractivity contribution is 0.153. The number of nitrogens with zero attached hydrogens (tertiary/aromatic N) is 1. The van der Waals surface area contributed by atoms with Crippen molar-refractivity contribution < 1.29 is 5.11 Å². The number of aliphatic hydroxyl groups excluding tert-OH is 1. The van der Waals surface area contributed by atoms with Gasteiger partial charge in [0.25, 0.3) is 0 Å². The molecule has 0 aromatic rings. The van der Waals surface area contributed by atoms with Gasteiger partial charge in [-0.05, 0) is 39.4 Å². The van der Waals surface area contributed by atoms with Crippen LogP contribution in [0.4, 0.5) is 0 Å². The van der Waals surface area contributed by atoms with Crippen molar-refractivity contribution in [3.05, 3.63) is 0 Å². The summed E-state index contributed by atoms with van der Waals surface area (Å²) in [6.45, 7) is 6.61. The number of nitrogens with one attached hydrogen (secondary N) is 1. The molecule has 2 N–H and O–H groups in total. The first-order valence-electron chi connectivity index (χ1n) is 5.73. The van der Waals surface area contributed by atoms with Crippen LogP contribution in [0.3, 0.4) is 0 Å². The summed E-state index contributed by atoms with van der Waals surface area (Å²) >= 11 is 0. The molecular formula is C11H24N2O. The van der Waals surface area contributed by atoms with Gasteiger partial charge in [-0.2, -0.15) is 0 Å². The second kappa shape index (κ2) is 5.10. The molecule has 1 aliphatic rings. The maximum Gasteiger partial charge on any atom is 0.0613 e. The molecule has 1 saturated carbocycles. The Labute approximate surface area is 87.5 Å². The molecular weight excluding hydrogens is 176 g/mol. The van der Waals surface area contributed by atoms with Gasteiger partial charge >= 0.3 is 0 Å². The van der Waals surface area contributed by atoms with E-state index >= 15 is 0 Å². The molecule has 14 heavy (non-hydrogen) atoms. The molecule has 0 spiro atoms. The van der Waals surface area contributed by atoms with E-state index in [9.17, 15) is 5.11 Å². The Bertz CT molecular complexity index is 175. The van der Waals surface area contributed by atoms with Gasteiger partial charge in [0.1, 0.15) is 0 Å². The van der Waals surface area contributed by atoms with Gasteiger partial charge in [-0.25, -0.2) is 0 Å². The zero-order valence-electron chi connectivity index (χ0n) is 9.71. The molecule has 1 rings (SSSR count). The zero-order valence-corrected chi connectivity index (χ0v) is 9.71. The highest BCUT2D eigenvalue weighted by Crippen LogP contribution is 2.32. The molecule has 2 atom stereocenters. The molecule has 0 bridgehead atoms. The van der Waals surface area contributed by atoms with Crippen LogP contribution >= 0.6 is 0 Å². The molecule has 3 nitrogen and oxygen atoms in total. The minimum Gasteiger partial charge on any atom is -0.394 e. The fraction of sp³-hybridized carbons (Fsp3) is 1.00. The van der Waals surface area contributed by atoms with Crippen molar-refractivity contribution in [3.8, 4) is 0 Å². The Morgan fingerprint density at radius 3 is 2.71 bits per heavy atom. The van der Waals surface area contributed by atoms with Gasteiger partial charge in [-0.3, -0.25) is 0 Å². The van der Waals surface area contributed by atoms with Gasteiger partial charge in [0, 0.05) is 11.6 Å². The smallest absolute Gasteiger partial charge is 0.0613 e. The quantitative estimate of drug-likeness (QED) is 0.690. The number of likely N-dealkylation sites (N-methyl/N-ethyl adjacent to an activating group) is 1. The van der Waals surface area contributed by atoms with Gasteiger partial charge in [0.15, 0.2) is 0 Å². The van der Waals surface area contributed by atoms with Crippen LogP contribution < -0.4 is 5.32 Å². The summed E-state index contributed by atoms with van der Waals surface area (Å²) in [5, 5.41) is 12.9. The topological polar surface area (TPSA) is 35.5 Å². The predicted octanol–water partition coefficient (Wildman–Crippen LogP) is 0.831. The summed E-state index contributed by atoms with van der Waals surface area (Å²) in [4.78, 5) is 2.38. The van der Waals surface area contributed by atoms with Crippen molar-refractivity contribution in [2.45, 2.75) is 44.7 Å².